The van der Waals surface area contributed by atoms with Gasteiger partial charge in [-0.05, 0) is 76.4 Å². The van der Waals surface area contributed by atoms with Crippen LogP contribution < -0.4 is 0 Å². The molecule has 1 aliphatic heterocycles. The van der Waals surface area contributed by atoms with Crippen LogP contribution in [-0.4, -0.2) is 109 Å². The summed E-state index contributed by atoms with van der Waals surface area (Å²) in [4.78, 5) is 40.3. The smallest absolute Gasteiger partial charge is 0.338 e. The van der Waals surface area contributed by atoms with Crippen molar-refractivity contribution in [2.45, 2.75) is 135 Å². The highest BCUT2D eigenvalue weighted by molar-refractivity contribution is 6.76. The van der Waals surface area contributed by atoms with E-state index in [1.54, 1.807) is 39.0 Å². The summed E-state index contributed by atoms with van der Waals surface area (Å²) in [5.41, 5.74) is -6.24. The van der Waals surface area contributed by atoms with Gasteiger partial charge in [-0.15, -0.1) is 0 Å². The largest absolute Gasteiger partial charge is 0.535 e. The second-order valence-electron chi connectivity index (χ2n) is 17.2. The number of ether oxygens (including phenoxy) is 3. The maximum absolute atomic E-state index is 14.3. The molecule has 0 amide bonds. The van der Waals surface area contributed by atoms with E-state index in [1.807, 2.05) is 6.92 Å². The summed E-state index contributed by atoms with van der Waals surface area (Å²) >= 11 is 0. The normalized spacial score (nSPS) is 36.2. The van der Waals surface area contributed by atoms with Crippen molar-refractivity contribution in [1.82, 2.24) is 0 Å². The minimum atomic E-state index is -2.07. The highest BCUT2D eigenvalue weighted by Crippen LogP contribution is 2.63. The molecule has 9 atom stereocenters. The van der Waals surface area contributed by atoms with E-state index in [1.165, 1.54) is 26.0 Å². The molecule has 1 saturated heterocycles. The van der Waals surface area contributed by atoms with Crippen molar-refractivity contribution in [2.75, 3.05) is 6.61 Å². The number of carbonyl (C=O) groups excluding carboxylic acids is 3. The Morgan fingerprint density at radius 3 is 2.06 bits per heavy atom. The van der Waals surface area contributed by atoms with Crippen molar-refractivity contribution in [2.24, 2.45) is 21.4 Å². The van der Waals surface area contributed by atoms with Crippen LogP contribution in [0, 0.1) is 16.7 Å². The molecular formula is C37H57NO11Si2. The number of hydrogen-bond acceptors (Lipinski definition) is 12. The van der Waals surface area contributed by atoms with E-state index in [2.05, 4.69) is 43.9 Å². The minimum absolute atomic E-state index is 0.0828. The molecule has 1 aromatic carbocycles. The van der Waals surface area contributed by atoms with Crippen LogP contribution in [0.1, 0.15) is 64.7 Å². The third-order valence-corrected chi connectivity index (χ3v) is 12.8. The molecule has 0 radical (unpaired) electrons. The van der Waals surface area contributed by atoms with Gasteiger partial charge in [0.25, 0.3) is 0 Å². The molecule has 4 N–H and O–H groups in total. The fraction of sp³-hybridized carbons (Fsp3) is 0.676. The average molecular weight is 748 g/mol. The van der Waals surface area contributed by atoms with E-state index < -0.39 is 92.7 Å². The Balaban J connectivity index is 0.000000417. The molecule has 0 spiro atoms. The Morgan fingerprint density at radius 1 is 0.980 bits per heavy atom. The van der Waals surface area contributed by atoms with Crippen molar-refractivity contribution < 1.29 is 53.4 Å². The Hall–Kier alpha value is -2.73. The van der Waals surface area contributed by atoms with Gasteiger partial charge in [-0.2, -0.15) is 0 Å². The van der Waals surface area contributed by atoms with Crippen LogP contribution in [0.5, 0.6) is 0 Å². The molecule has 284 valence electrons. The topological polar surface area (TPSA) is 181 Å². The zero-order valence-electron chi connectivity index (χ0n) is 32.1. The summed E-state index contributed by atoms with van der Waals surface area (Å²) in [6, 6.07) is 8.08. The summed E-state index contributed by atoms with van der Waals surface area (Å²) < 4.78 is 28.0. The fourth-order valence-electron chi connectivity index (χ4n) is 8.60. The zero-order chi connectivity index (χ0) is 38.7. The van der Waals surface area contributed by atoms with Crippen LogP contribution >= 0.6 is 0 Å². The van der Waals surface area contributed by atoms with Crippen molar-refractivity contribution in [3.05, 3.63) is 47.0 Å². The number of hydrogen-bond donors (Lipinski definition) is 4. The second kappa shape index (κ2) is 13.9. The summed E-state index contributed by atoms with van der Waals surface area (Å²) in [6.45, 7) is 22.4. The Labute approximate surface area is 303 Å². The summed E-state index contributed by atoms with van der Waals surface area (Å²) in [5, 5.41) is 46.7. The number of rotatable bonds is 5. The monoisotopic (exact) mass is 747 g/mol. The molecule has 0 aromatic heterocycles. The number of carbonyl (C=O) groups is 3. The number of esters is 2. The van der Waals surface area contributed by atoms with E-state index >= 15 is 0 Å². The van der Waals surface area contributed by atoms with Gasteiger partial charge in [0.05, 0.1) is 35.7 Å². The predicted molar refractivity (Wildman–Crippen MR) is 196 cm³/mol. The third-order valence-electron chi connectivity index (χ3n) is 10.9. The average Bonchev–Trinajstić information content (AvgIpc) is 2.98. The van der Waals surface area contributed by atoms with Crippen LogP contribution in [0.25, 0.3) is 0 Å². The molecule has 2 bridgehead atoms. The van der Waals surface area contributed by atoms with Gasteiger partial charge in [0, 0.05) is 32.1 Å². The highest BCUT2D eigenvalue weighted by atomic mass is 28.4. The molecule has 51 heavy (non-hydrogen) atoms. The van der Waals surface area contributed by atoms with E-state index in [0.717, 1.165) is 5.90 Å². The van der Waals surface area contributed by atoms with Gasteiger partial charge in [0.1, 0.15) is 23.9 Å². The van der Waals surface area contributed by atoms with Gasteiger partial charge in [-0.3, -0.25) is 14.2 Å². The maximum atomic E-state index is 14.3. The molecule has 2 saturated carbocycles. The Morgan fingerprint density at radius 2 is 1.57 bits per heavy atom. The molecule has 1 heterocycles. The number of aliphatic hydroxyl groups excluding tert-OH is 3. The lowest BCUT2D eigenvalue weighted by atomic mass is 9.44. The quantitative estimate of drug-likeness (QED) is 0.112. The van der Waals surface area contributed by atoms with Gasteiger partial charge >= 0.3 is 11.9 Å². The molecule has 1 unspecified atom stereocenters. The summed E-state index contributed by atoms with van der Waals surface area (Å²) in [7, 11) is -2.76. The van der Waals surface area contributed by atoms with Crippen LogP contribution in [0.2, 0.25) is 39.3 Å². The summed E-state index contributed by atoms with van der Waals surface area (Å²) in [6.07, 6.45) is -7.26. The minimum Gasteiger partial charge on any atom is -0.535 e. The van der Waals surface area contributed by atoms with Crippen molar-refractivity contribution in [1.29, 1.82) is 0 Å². The van der Waals surface area contributed by atoms with Gasteiger partial charge < -0.3 is 39.1 Å². The highest BCUT2D eigenvalue weighted by Gasteiger charge is 2.77. The maximum Gasteiger partial charge on any atom is 0.338 e. The molecule has 5 rings (SSSR count). The molecule has 4 aliphatic rings. The first kappa shape index (κ1) is 41.0. The van der Waals surface area contributed by atoms with Crippen molar-refractivity contribution >= 4 is 40.2 Å². The van der Waals surface area contributed by atoms with Crippen molar-refractivity contribution in [3.63, 3.8) is 0 Å². The number of ketones is 1. The lowest BCUT2D eigenvalue weighted by Crippen LogP contribution is -2.81. The second-order valence-corrected chi connectivity index (χ2v) is 26.2. The third kappa shape index (κ3) is 7.42. The van der Waals surface area contributed by atoms with Crippen LogP contribution in [0.3, 0.4) is 0 Å². The number of Topliss-reactive ketones (excluding diaryl/α,β-unsaturated/α-hetero) is 1. The number of benzene rings is 1. The predicted octanol–water partition coefficient (Wildman–Crippen LogP) is 4.17. The number of aliphatic hydroxyl groups is 4. The first-order valence-corrected chi connectivity index (χ1v) is 24.4. The van der Waals surface area contributed by atoms with E-state index in [0.29, 0.717) is 5.57 Å². The van der Waals surface area contributed by atoms with Crippen LogP contribution in [-0.2, 0) is 28.2 Å². The van der Waals surface area contributed by atoms with E-state index in [4.69, 9.17) is 18.6 Å². The lowest BCUT2D eigenvalue weighted by Gasteiger charge is -2.67. The van der Waals surface area contributed by atoms with E-state index in [9.17, 15) is 34.8 Å². The number of nitrogens with zero attached hydrogens (tertiary/aromatic N) is 1. The van der Waals surface area contributed by atoms with E-state index in [-0.39, 0.29) is 30.6 Å². The molecule has 3 fully saturated rings. The van der Waals surface area contributed by atoms with Gasteiger partial charge in [0.2, 0.25) is 8.32 Å². The van der Waals surface area contributed by atoms with Gasteiger partial charge in [-0.1, -0.05) is 32.0 Å². The van der Waals surface area contributed by atoms with Crippen molar-refractivity contribution in [3.8, 4) is 0 Å². The zero-order valence-corrected chi connectivity index (χ0v) is 34.1. The first-order valence-electron chi connectivity index (χ1n) is 17.6. The Bertz CT molecular complexity index is 1580. The molecular weight excluding hydrogens is 691 g/mol. The fourth-order valence-corrected chi connectivity index (χ4v) is 10.6. The van der Waals surface area contributed by atoms with Crippen LogP contribution in [0.15, 0.2) is 46.1 Å². The van der Waals surface area contributed by atoms with Gasteiger partial charge in [-0.25, -0.2) is 4.79 Å². The summed E-state index contributed by atoms with van der Waals surface area (Å²) in [5.74, 6) is -2.72. The molecule has 12 nitrogen and oxygen atoms in total. The SMILES string of the molecule is CC(=N[Si](C)(C)C)O[Si](C)(C)C.CC(=O)O[C@@]12CO[C@@H]1C[C@H](O)[C@@]1(C)C(=O)[C@H](O)C3=C(C)[C@@H](O)C[C@@](O)([C@@H](OC(=O)c4ccccc4)C12)C3(C)C. The first-order chi connectivity index (χ1) is 23.2. The standard InChI is InChI=1S/C29H36O10.C8H21NOSi2/c1-14-17(31)12-29(36)24(38-25(35)16-9-7-6-8-10-16)22-27(5,23(34)21(33)20(14)26(29,3)4)18(32)11-19-28(22,13-37-19)39-15(2)30;1-8(9-11(2,3)4)10-12(5,6)7/h6-10,17-19,21-22,24,31-33,36H,11-13H2,1-5H3;1-7H3/t17-,18-,19+,21+,22?,24-,27+,28-,29+;/m0./s1. The Kier molecular flexibility index (Phi) is 11.2. The molecule has 14 heteroatoms. The number of fused-ring (bicyclic) bond motifs is 5. The lowest BCUT2D eigenvalue weighted by molar-refractivity contribution is -0.345. The molecule has 3 aliphatic carbocycles. The molecule has 1 aromatic rings. The van der Waals surface area contributed by atoms with Crippen LogP contribution in [0.4, 0.5) is 0 Å². The van der Waals surface area contributed by atoms with Gasteiger partial charge in [0.15, 0.2) is 25.5 Å².